The summed E-state index contributed by atoms with van der Waals surface area (Å²) in [6.07, 6.45) is 3.98. The Morgan fingerprint density at radius 3 is 2.84 bits per heavy atom. The standard InChI is InChI=1S/C16H19NO2/c1-12-6-8-17(9-7-12)10-15(18)14-11-19-16-5-3-2-4-13(14)16/h2-5,11-12H,6-10H2,1H3. The molecule has 2 aromatic rings. The molecule has 0 N–H and O–H groups in total. The highest BCUT2D eigenvalue weighted by molar-refractivity contribution is 6.08. The molecule has 3 heteroatoms. The summed E-state index contributed by atoms with van der Waals surface area (Å²) in [7, 11) is 0. The van der Waals surface area contributed by atoms with Gasteiger partial charge in [0.15, 0.2) is 5.78 Å². The summed E-state index contributed by atoms with van der Waals surface area (Å²) in [5.41, 5.74) is 1.51. The van der Waals surface area contributed by atoms with Crippen molar-refractivity contribution in [2.75, 3.05) is 19.6 Å². The quantitative estimate of drug-likeness (QED) is 0.791. The average Bonchev–Trinajstić information content (AvgIpc) is 2.85. The van der Waals surface area contributed by atoms with E-state index in [0.29, 0.717) is 12.1 Å². The fourth-order valence-corrected chi connectivity index (χ4v) is 2.70. The van der Waals surface area contributed by atoms with Crippen molar-refractivity contribution < 1.29 is 9.21 Å². The largest absolute Gasteiger partial charge is 0.464 e. The minimum atomic E-state index is 0.166. The first-order chi connectivity index (χ1) is 9.24. The molecule has 0 unspecified atom stereocenters. The number of hydrogen-bond donors (Lipinski definition) is 0. The van der Waals surface area contributed by atoms with Crippen LogP contribution in [0.1, 0.15) is 30.1 Å². The van der Waals surface area contributed by atoms with E-state index in [1.807, 2.05) is 24.3 Å². The Balaban J connectivity index is 1.73. The van der Waals surface area contributed by atoms with Crippen LogP contribution >= 0.6 is 0 Å². The van der Waals surface area contributed by atoms with Crippen molar-refractivity contribution in [3.63, 3.8) is 0 Å². The summed E-state index contributed by atoms with van der Waals surface area (Å²) in [5.74, 6) is 0.959. The molecule has 0 bridgehead atoms. The Bertz CT molecular complexity index is 579. The zero-order chi connectivity index (χ0) is 13.2. The van der Waals surface area contributed by atoms with Gasteiger partial charge in [-0.3, -0.25) is 9.69 Å². The number of piperidine rings is 1. The molecule has 2 heterocycles. The Labute approximate surface area is 113 Å². The van der Waals surface area contributed by atoms with Crippen LogP contribution in [0.3, 0.4) is 0 Å². The van der Waals surface area contributed by atoms with Gasteiger partial charge >= 0.3 is 0 Å². The van der Waals surface area contributed by atoms with Gasteiger partial charge in [-0.1, -0.05) is 25.1 Å². The summed E-state index contributed by atoms with van der Waals surface area (Å²) in [6.45, 7) is 4.85. The summed E-state index contributed by atoms with van der Waals surface area (Å²) in [5, 5.41) is 0.929. The monoisotopic (exact) mass is 257 g/mol. The number of hydrogen-bond acceptors (Lipinski definition) is 3. The number of fused-ring (bicyclic) bond motifs is 1. The topological polar surface area (TPSA) is 33.5 Å². The maximum Gasteiger partial charge on any atom is 0.180 e. The van der Waals surface area contributed by atoms with Gasteiger partial charge in [-0.2, -0.15) is 0 Å². The maximum absolute atomic E-state index is 12.4. The number of benzene rings is 1. The fraction of sp³-hybridized carbons (Fsp3) is 0.438. The van der Waals surface area contributed by atoms with E-state index in [4.69, 9.17) is 4.42 Å². The molecule has 0 atom stereocenters. The molecule has 0 aliphatic carbocycles. The van der Waals surface area contributed by atoms with E-state index in [2.05, 4.69) is 11.8 Å². The number of nitrogens with zero attached hydrogens (tertiary/aromatic N) is 1. The normalized spacial score (nSPS) is 17.9. The first kappa shape index (κ1) is 12.4. The van der Waals surface area contributed by atoms with Crippen LogP contribution in [0, 0.1) is 5.92 Å². The van der Waals surface area contributed by atoms with Crippen molar-refractivity contribution >= 4 is 16.8 Å². The first-order valence-corrected chi connectivity index (χ1v) is 6.96. The van der Waals surface area contributed by atoms with Gasteiger partial charge in [0, 0.05) is 5.39 Å². The smallest absolute Gasteiger partial charge is 0.180 e. The second-order valence-corrected chi connectivity index (χ2v) is 5.53. The van der Waals surface area contributed by atoms with Crippen molar-refractivity contribution in [2.24, 2.45) is 5.92 Å². The second-order valence-electron chi connectivity index (χ2n) is 5.53. The van der Waals surface area contributed by atoms with E-state index in [-0.39, 0.29) is 5.78 Å². The summed E-state index contributed by atoms with van der Waals surface area (Å²) in [6, 6.07) is 7.71. The lowest BCUT2D eigenvalue weighted by molar-refractivity contribution is 0.0900. The molecule has 1 saturated heterocycles. The van der Waals surface area contributed by atoms with Gasteiger partial charge in [-0.15, -0.1) is 0 Å². The van der Waals surface area contributed by atoms with Gasteiger partial charge in [0.25, 0.3) is 0 Å². The molecule has 0 spiro atoms. The minimum absolute atomic E-state index is 0.166. The Morgan fingerprint density at radius 1 is 1.32 bits per heavy atom. The van der Waals surface area contributed by atoms with Crippen LogP contribution in [0.2, 0.25) is 0 Å². The van der Waals surface area contributed by atoms with Gasteiger partial charge in [0.05, 0.1) is 12.1 Å². The van der Waals surface area contributed by atoms with E-state index in [0.717, 1.165) is 30.0 Å². The van der Waals surface area contributed by atoms with E-state index in [1.54, 1.807) is 6.26 Å². The van der Waals surface area contributed by atoms with E-state index in [1.165, 1.54) is 12.8 Å². The van der Waals surface area contributed by atoms with Crippen LogP contribution in [-0.2, 0) is 0 Å². The molecule has 0 saturated carbocycles. The number of para-hydroxylation sites is 1. The molecule has 1 aliphatic rings. The van der Waals surface area contributed by atoms with Crippen molar-refractivity contribution in [3.05, 3.63) is 36.1 Å². The van der Waals surface area contributed by atoms with Crippen LogP contribution in [0.25, 0.3) is 11.0 Å². The minimum Gasteiger partial charge on any atom is -0.464 e. The number of likely N-dealkylation sites (tertiary alicyclic amines) is 1. The average molecular weight is 257 g/mol. The molecule has 100 valence electrons. The van der Waals surface area contributed by atoms with Gasteiger partial charge in [-0.05, 0) is 37.9 Å². The van der Waals surface area contributed by atoms with Crippen LogP contribution < -0.4 is 0 Å². The predicted octanol–water partition coefficient (Wildman–Crippen LogP) is 3.35. The highest BCUT2D eigenvalue weighted by Gasteiger charge is 2.20. The van der Waals surface area contributed by atoms with Crippen LogP contribution in [0.15, 0.2) is 34.9 Å². The molecule has 1 aromatic carbocycles. The number of carbonyl (C=O) groups is 1. The zero-order valence-electron chi connectivity index (χ0n) is 11.3. The van der Waals surface area contributed by atoms with Crippen molar-refractivity contribution in [1.29, 1.82) is 0 Å². The third-order valence-corrected chi connectivity index (χ3v) is 4.02. The van der Waals surface area contributed by atoms with Gasteiger partial charge in [-0.25, -0.2) is 0 Å². The SMILES string of the molecule is CC1CCN(CC(=O)c2coc3ccccc23)CC1. The van der Waals surface area contributed by atoms with Gasteiger partial charge in [0.2, 0.25) is 0 Å². The molecular formula is C16H19NO2. The van der Waals surface area contributed by atoms with Crippen LogP contribution in [0.4, 0.5) is 0 Å². The Kier molecular flexibility index (Phi) is 3.38. The predicted molar refractivity (Wildman–Crippen MR) is 75.4 cm³/mol. The molecular weight excluding hydrogens is 238 g/mol. The summed E-state index contributed by atoms with van der Waals surface area (Å²) < 4.78 is 5.44. The van der Waals surface area contributed by atoms with Crippen molar-refractivity contribution in [2.45, 2.75) is 19.8 Å². The molecule has 3 rings (SSSR count). The molecule has 0 radical (unpaired) electrons. The lowest BCUT2D eigenvalue weighted by Crippen LogP contribution is -2.36. The highest BCUT2D eigenvalue weighted by atomic mass is 16.3. The first-order valence-electron chi connectivity index (χ1n) is 6.96. The molecule has 1 aromatic heterocycles. The van der Waals surface area contributed by atoms with Crippen molar-refractivity contribution in [1.82, 2.24) is 4.90 Å². The Morgan fingerprint density at radius 2 is 2.05 bits per heavy atom. The van der Waals surface area contributed by atoms with E-state index >= 15 is 0 Å². The summed E-state index contributed by atoms with van der Waals surface area (Å²) >= 11 is 0. The molecule has 1 aliphatic heterocycles. The van der Waals surface area contributed by atoms with Crippen LogP contribution in [-0.4, -0.2) is 30.3 Å². The molecule has 3 nitrogen and oxygen atoms in total. The number of furan rings is 1. The lowest BCUT2D eigenvalue weighted by atomic mass is 9.98. The lowest BCUT2D eigenvalue weighted by Gasteiger charge is -2.29. The fourth-order valence-electron chi connectivity index (χ4n) is 2.70. The van der Waals surface area contributed by atoms with Crippen molar-refractivity contribution in [3.8, 4) is 0 Å². The zero-order valence-corrected chi connectivity index (χ0v) is 11.3. The van der Waals surface area contributed by atoms with Gasteiger partial charge in [0.1, 0.15) is 11.8 Å². The highest BCUT2D eigenvalue weighted by Crippen LogP contribution is 2.22. The number of ketones is 1. The third kappa shape index (κ3) is 2.56. The van der Waals surface area contributed by atoms with Crippen LogP contribution in [0.5, 0.6) is 0 Å². The maximum atomic E-state index is 12.4. The van der Waals surface area contributed by atoms with Gasteiger partial charge < -0.3 is 4.42 Å². The van der Waals surface area contributed by atoms with E-state index < -0.39 is 0 Å². The molecule has 1 fully saturated rings. The second kappa shape index (κ2) is 5.17. The molecule has 0 amide bonds. The summed E-state index contributed by atoms with van der Waals surface area (Å²) in [4.78, 5) is 14.6. The number of rotatable bonds is 3. The number of Topliss-reactive ketones (excluding diaryl/α,β-unsaturated/α-hetero) is 1. The Hall–Kier alpha value is -1.61. The molecule has 19 heavy (non-hydrogen) atoms. The van der Waals surface area contributed by atoms with E-state index in [9.17, 15) is 4.79 Å². The number of carbonyl (C=O) groups excluding carboxylic acids is 1. The third-order valence-electron chi connectivity index (χ3n) is 4.02.